The fourth-order valence-corrected chi connectivity index (χ4v) is 4.63. The molecule has 1 saturated heterocycles. The molecule has 29 heavy (non-hydrogen) atoms. The minimum absolute atomic E-state index is 0.0833. The Morgan fingerprint density at radius 2 is 2.17 bits per heavy atom. The SMILES string of the molecule is CCc1cc(NC(=O)N[C@H](CO)CCN2CC([S+]([O-])c3ccc(Cl)cc3)C2)no1. The van der Waals surface area contributed by atoms with Crippen molar-refractivity contribution < 1.29 is 19.0 Å². The Morgan fingerprint density at radius 3 is 2.79 bits per heavy atom. The monoisotopic (exact) mass is 440 g/mol. The molecule has 1 fully saturated rings. The number of benzene rings is 1. The van der Waals surface area contributed by atoms with Gasteiger partial charge in [-0.15, -0.1) is 0 Å². The van der Waals surface area contributed by atoms with Crippen LogP contribution in [0.4, 0.5) is 10.6 Å². The molecular formula is C19H25ClN4O4S. The summed E-state index contributed by atoms with van der Waals surface area (Å²) in [5.74, 6) is 1.02. The van der Waals surface area contributed by atoms with E-state index in [0.29, 0.717) is 36.0 Å². The molecule has 0 radical (unpaired) electrons. The molecule has 1 aromatic carbocycles. The lowest BCUT2D eigenvalue weighted by atomic mass is 10.1. The van der Waals surface area contributed by atoms with Gasteiger partial charge in [0.2, 0.25) is 0 Å². The Kier molecular flexibility index (Phi) is 7.79. The van der Waals surface area contributed by atoms with E-state index < -0.39 is 17.2 Å². The molecule has 0 spiro atoms. The molecular weight excluding hydrogens is 416 g/mol. The van der Waals surface area contributed by atoms with Crippen molar-refractivity contribution in [1.29, 1.82) is 0 Å². The summed E-state index contributed by atoms with van der Waals surface area (Å²) >= 11 is 4.81. The number of aryl methyl sites for hydroxylation is 1. The molecule has 2 heterocycles. The van der Waals surface area contributed by atoms with E-state index in [1.165, 1.54) is 0 Å². The standard InChI is InChI=1S/C19H25ClN4O4S/c1-2-15-9-18(23-28-15)22-19(26)21-14(12-25)7-8-24-10-17(11-24)29(27)16-5-3-13(20)4-6-16/h3-6,9,14,17,25H,2,7-8,10-12H2,1H3,(H2,21,22,23,26)/t14-,29?/m0/s1. The van der Waals surface area contributed by atoms with Crippen molar-refractivity contribution in [2.24, 2.45) is 0 Å². The van der Waals surface area contributed by atoms with Crippen LogP contribution in [-0.2, 0) is 17.6 Å². The van der Waals surface area contributed by atoms with E-state index in [9.17, 15) is 14.5 Å². The largest absolute Gasteiger partial charge is 0.611 e. The Bertz CT molecular complexity index is 798. The van der Waals surface area contributed by atoms with Gasteiger partial charge in [0.05, 0.1) is 12.6 Å². The quantitative estimate of drug-likeness (QED) is 0.515. The maximum absolute atomic E-state index is 12.5. The minimum atomic E-state index is -1.06. The maximum atomic E-state index is 12.5. The van der Waals surface area contributed by atoms with Gasteiger partial charge in [-0.3, -0.25) is 10.2 Å². The summed E-state index contributed by atoms with van der Waals surface area (Å²) in [5.41, 5.74) is 0. The van der Waals surface area contributed by atoms with E-state index in [4.69, 9.17) is 16.1 Å². The molecule has 1 aliphatic heterocycles. The molecule has 10 heteroatoms. The van der Waals surface area contributed by atoms with Gasteiger partial charge < -0.3 is 19.5 Å². The first-order valence-corrected chi connectivity index (χ1v) is 11.1. The molecule has 1 unspecified atom stereocenters. The Labute approximate surface area is 177 Å². The van der Waals surface area contributed by atoms with Crippen LogP contribution >= 0.6 is 11.6 Å². The number of aliphatic hydroxyl groups excluding tert-OH is 1. The molecule has 2 atom stereocenters. The van der Waals surface area contributed by atoms with E-state index >= 15 is 0 Å². The zero-order valence-corrected chi connectivity index (χ0v) is 17.7. The van der Waals surface area contributed by atoms with Crippen molar-refractivity contribution in [1.82, 2.24) is 15.4 Å². The average molecular weight is 441 g/mol. The van der Waals surface area contributed by atoms with Crippen LogP contribution in [0.5, 0.6) is 0 Å². The molecule has 0 saturated carbocycles. The molecule has 2 amide bonds. The van der Waals surface area contributed by atoms with E-state index in [0.717, 1.165) is 18.0 Å². The number of anilines is 1. The number of hydrogen-bond acceptors (Lipinski definition) is 6. The third-order valence-corrected chi connectivity index (χ3v) is 6.66. The molecule has 1 aromatic heterocycles. The topological polar surface area (TPSA) is 114 Å². The number of hydrogen-bond donors (Lipinski definition) is 3. The van der Waals surface area contributed by atoms with E-state index in [-0.39, 0.29) is 17.9 Å². The van der Waals surface area contributed by atoms with Gasteiger partial charge in [-0.1, -0.05) is 23.7 Å². The number of carbonyl (C=O) groups excluding carboxylic acids is 1. The number of nitrogens with zero attached hydrogens (tertiary/aromatic N) is 2. The highest BCUT2D eigenvalue weighted by Gasteiger charge is 2.37. The third kappa shape index (κ3) is 6.10. The summed E-state index contributed by atoms with van der Waals surface area (Å²) in [6.07, 6.45) is 1.28. The third-order valence-electron chi connectivity index (χ3n) is 4.77. The summed E-state index contributed by atoms with van der Waals surface area (Å²) in [6.45, 7) is 3.90. The number of nitrogens with one attached hydrogen (secondary N) is 2. The summed E-state index contributed by atoms with van der Waals surface area (Å²) in [5, 5.41) is 19.3. The van der Waals surface area contributed by atoms with Gasteiger partial charge in [-0.25, -0.2) is 4.79 Å². The predicted octanol–water partition coefficient (Wildman–Crippen LogP) is 2.25. The molecule has 2 aromatic rings. The number of halogens is 1. The second-order valence-corrected chi connectivity index (χ2v) is 9.10. The van der Waals surface area contributed by atoms with Crippen molar-refractivity contribution in [3.63, 3.8) is 0 Å². The highest BCUT2D eigenvalue weighted by molar-refractivity contribution is 7.92. The van der Waals surface area contributed by atoms with Crippen molar-refractivity contribution in [3.05, 3.63) is 41.1 Å². The summed E-state index contributed by atoms with van der Waals surface area (Å²) in [6, 6.07) is 7.92. The van der Waals surface area contributed by atoms with Gasteiger partial charge in [0, 0.05) is 37.1 Å². The second-order valence-electron chi connectivity index (χ2n) is 6.93. The maximum Gasteiger partial charge on any atom is 0.320 e. The molecule has 158 valence electrons. The van der Waals surface area contributed by atoms with Crippen molar-refractivity contribution in [2.45, 2.75) is 36.0 Å². The molecule has 1 aliphatic rings. The highest BCUT2D eigenvalue weighted by atomic mass is 35.5. The van der Waals surface area contributed by atoms with Crippen LogP contribution in [0.1, 0.15) is 19.1 Å². The fourth-order valence-electron chi connectivity index (χ4n) is 3.03. The molecule has 3 rings (SSSR count). The van der Waals surface area contributed by atoms with Gasteiger partial charge in [0.1, 0.15) is 11.0 Å². The Morgan fingerprint density at radius 1 is 1.45 bits per heavy atom. The molecule has 0 aliphatic carbocycles. The zero-order valence-electron chi connectivity index (χ0n) is 16.1. The van der Waals surface area contributed by atoms with Crippen LogP contribution in [-0.4, -0.2) is 63.3 Å². The van der Waals surface area contributed by atoms with E-state index in [1.54, 1.807) is 30.3 Å². The van der Waals surface area contributed by atoms with Crippen LogP contribution in [0.2, 0.25) is 5.02 Å². The number of aliphatic hydroxyl groups is 1. The van der Waals surface area contributed by atoms with E-state index in [2.05, 4.69) is 20.7 Å². The predicted molar refractivity (Wildman–Crippen MR) is 112 cm³/mol. The minimum Gasteiger partial charge on any atom is -0.611 e. The fraction of sp³-hybridized carbons (Fsp3) is 0.474. The van der Waals surface area contributed by atoms with Crippen LogP contribution in [0.3, 0.4) is 0 Å². The number of amides is 2. The van der Waals surface area contributed by atoms with Gasteiger partial charge in [-0.2, -0.15) is 0 Å². The molecule has 3 N–H and O–H groups in total. The number of aromatic nitrogens is 1. The van der Waals surface area contributed by atoms with E-state index in [1.807, 2.05) is 6.92 Å². The molecule has 8 nitrogen and oxygen atoms in total. The van der Waals surface area contributed by atoms with Gasteiger partial charge in [0.15, 0.2) is 10.7 Å². The van der Waals surface area contributed by atoms with Crippen molar-refractivity contribution >= 4 is 34.6 Å². The van der Waals surface area contributed by atoms with Crippen molar-refractivity contribution in [3.8, 4) is 0 Å². The lowest BCUT2D eigenvalue weighted by Gasteiger charge is -2.39. The first-order chi connectivity index (χ1) is 14.0. The lowest BCUT2D eigenvalue weighted by Crippen LogP contribution is -2.55. The Hall–Kier alpha value is -1.78. The first kappa shape index (κ1) is 21.9. The number of carbonyl (C=O) groups is 1. The zero-order chi connectivity index (χ0) is 20.8. The first-order valence-electron chi connectivity index (χ1n) is 9.51. The summed E-state index contributed by atoms with van der Waals surface area (Å²) in [4.78, 5) is 15.0. The lowest BCUT2D eigenvalue weighted by molar-refractivity contribution is 0.160. The average Bonchev–Trinajstić information content (AvgIpc) is 3.13. The van der Waals surface area contributed by atoms with Crippen LogP contribution in [0.25, 0.3) is 0 Å². The smallest absolute Gasteiger partial charge is 0.320 e. The van der Waals surface area contributed by atoms with Crippen LogP contribution in [0.15, 0.2) is 39.8 Å². The van der Waals surface area contributed by atoms with Gasteiger partial charge in [-0.05, 0) is 41.9 Å². The summed E-state index contributed by atoms with van der Waals surface area (Å²) in [7, 11) is 0. The van der Waals surface area contributed by atoms with Gasteiger partial charge in [0.25, 0.3) is 0 Å². The summed E-state index contributed by atoms with van der Waals surface area (Å²) < 4.78 is 17.6. The van der Waals surface area contributed by atoms with Crippen LogP contribution < -0.4 is 10.6 Å². The molecule has 0 bridgehead atoms. The number of urea groups is 1. The van der Waals surface area contributed by atoms with Gasteiger partial charge >= 0.3 is 6.03 Å². The Balaban J connectivity index is 1.37. The van der Waals surface area contributed by atoms with Crippen molar-refractivity contribution in [2.75, 3.05) is 31.6 Å². The second kappa shape index (κ2) is 10.3. The highest BCUT2D eigenvalue weighted by Crippen LogP contribution is 2.25. The number of rotatable bonds is 9. The van der Waals surface area contributed by atoms with Crippen LogP contribution in [0, 0.1) is 0 Å². The normalized spacial score (nSPS) is 16.8. The number of likely N-dealkylation sites (tertiary alicyclic amines) is 1.